The van der Waals surface area contributed by atoms with Crippen LogP contribution in [0.1, 0.15) is 0 Å². The molecule has 0 spiro atoms. The molecule has 8 nitrogen and oxygen atoms in total. The maximum atomic E-state index is 12.1. The van der Waals surface area contributed by atoms with Crippen LogP contribution in [0.4, 0.5) is 17.5 Å². The lowest BCUT2D eigenvalue weighted by molar-refractivity contribution is 0.398. The highest BCUT2D eigenvalue weighted by Gasteiger charge is 2.15. The number of nitrogens with one attached hydrogen (secondary N) is 1. The maximum absolute atomic E-state index is 12.1. The lowest BCUT2D eigenvalue weighted by atomic mass is 10.3. The average molecular weight is 295 g/mol. The predicted molar refractivity (Wildman–Crippen MR) is 74.7 cm³/mol. The van der Waals surface area contributed by atoms with Crippen molar-refractivity contribution in [2.45, 2.75) is 4.90 Å². The summed E-state index contributed by atoms with van der Waals surface area (Å²) in [5.74, 6) is 0.0815. The SMILES string of the molecule is COc1cc(NS(=O)(=O)c2ccc(N)cc2)nc(N)n1. The monoisotopic (exact) mass is 295 g/mol. The number of nitrogens with two attached hydrogens (primary N) is 2. The van der Waals surface area contributed by atoms with Gasteiger partial charge in [0.05, 0.1) is 12.0 Å². The Bertz CT molecular complexity index is 715. The minimum absolute atomic E-state index is 0.0196. The normalized spacial score (nSPS) is 11.1. The second kappa shape index (κ2) is 5.21. The molecule has 0 radical (unpaired) electrons. The second-order valence-electron chi connectivity index (χ2n) is 3.83. The number of rotatable bonds is 4. The molecule has 2 rings (SSSR count). The number of methoxy groups -OCH3 is 1. The molecule has 0 aliphatic carbocycles. The zero-order chi connectivity index (χ0) is 14.8. The summed E-state index contributed by atoms with van der Waals surface area (Å²) in [6.07, 6.45) is 0. The Morgan fingerprint density at radius 2 is 1.80 bits per heavy atom. The molecule has 0 saturated carbocycles. The minimum atomic E-state index is -3.78. The van der Waals surface area contributed by atoms with Crippen LogP contribution in [0.25, 0.3) is 0 Å². The lowest BCUT2D eigenvalue weighted by Crippen LogP contribution is -2.15. The van der Waals surface area contributed by atoms with Gasteiger partial charge in [-0.25, -0.2) is 8.42 Å². The van der Waals surface area contributed by atoms with Gasteiger partial charge >= 0.3 is 0 Å². The van der Waals surface area contributed by atoms with Crippen LogP contribution in [0.5, 0.6) is 5.88 Å². The molecule has 0 aliphatic rings. The largest absolute Gasteiger partial charge is 0.481 e. The van der Waals surface area contributed by atoms with Crippen molar-refractivity contribution in [2.24, 2.45) is 0 Å². The third kappa shape index (κ3) is 3.06. The van der Waals surface area contributed by atoms with Crippen LogP contribution in [0.2, 0.25) is 0 Å². The highest BCUT2D eigenvalue weighted by Crippen LogP contribution is 2.19. The van der Waals surface area contributed by atoms with Crippen LogP contribution in [-0.4, -0.2) is 25.5 Å². The molecule has 5 N–H and O–H groups in total. The molecular weight excluding hydrogens is 282 g/mol. The molecule has 0 aliphatic heterocycles. The molecule has 1 aromatic heterocycles. The fourth-order valence-electron chi connectivity index (χ4n) is 1.44. The van der Waals surface area contributed by atoms with Crippen LogP contribution >= 0.6 is 0 Å². The first-order valence-corrected chi connectivity index (χ1v) is 6.96. The summed E-state index contributed by atoms with van der Waals surface area (Å²) in [6.45, 7) is 0. The zero-order valence-corrected chi connectivity index (χ0v) is 11.4. The molecule has 1 heterocycles. The molecular formula is C11H13N5O3S. The summed E-state index contributed by atoms with van der Waals surface area (Å²) in [4.78, 5) is 7.60. The van der Waals surface area contributed by atoms with Crippen molar-refractivity contribution in [1.82, 2.24) is 9.97 Å². The number of nitrogens with zero attached hydrogens (tertiary/aromatic N) is 2. The van der Waals surface area contributed by atoms with Gasteiger partial charge in [0.25, 0.3) is 10.0 Å². The Hall–Kier alpha value is -2.55. The van der Waals surface area contributed by atoms with Gasteiger partial charge in [-0.1, -0.05) is 0 Å². The summed E-state index contributed by atoms with van der Waals surface area (Å²) in [5, 5.41) is 0. The van der Waals surface area contributed by atoms with E-state index in [0.717, 1.165) is 0 Å². The first-order valence-electron chi connectivity index (χ1n) is 5.47. The fourth-order valence-corrected chi connectivity index (χ4v) is 2.44. The Morgan fingerprint density at radius 1 is 1.15 bits per heavy atom. The number of benzene rings is 1. The number of ether oxygens (including phenoxy) is 1. The number of anilines is 3. The lowest BCUT2D eigenvalue weighted by Gasteiger charge is -2.09. The van der Waals surface area contributed by atoms with Gasteiger partial charge in [-0.15, -0.1) is 0 Å². The van der Waals surface area contributed by atoms with Crippen molar-refractivity contribution >= 4 is 27.5 Å². The van der Waals surface area contributed by atoms with E-state index in [9.17, 15) is 8.42 Å². The highest BCUT2D eigenvalue weighted by atomic mass is 32.2. The molecule has 106 valence electrons. The Labute approximate surface area is 115 Å². The first kappa shape index (κ1) is 13.9. The summed E-state index contributed by atoms with van der Waals surface area (Å²) in [7, 11) is -2.39. The highest BCUT2D eigenvalue weighted by molar-refractivity contribution is 7.92. The van der Waals surface area contributed by atoms with Crippen LogP contribution in [0, 0.1) is 0 Å². The smallest absolute Gasteiger partial charge is 0.263 e. The van der Waals surface area contributed by atoms with Crippen molar-refractivity contribution in [2.75, 3.05) is 23.3 Å². The van der Waals surface area contributed by atoms with E-state index in [-0.39, 0.29) is 22.5 Å². The van der Waals surface area contributed by atoms with E-state index in [1.165, 1.54) is 37.4 Å². The van der Waals surface area contributed by atoms with Crippen LogP contribution in [0.3, 0.4) is 0 Å². The van der Waals surface area contributed by atoms with Gasteiger partial charge in [0, 0.05) is 11.8 Å². The standard InChI is InChI=1S/C11H13N5O3S/c1-19-10-6-9(14-11(13)15-10)16-20(17,18)8-4-2-7(12)3-5-8/h2-6H,12H2,1H3,(H3,13,14,15,16). The van der Waals surface area contributed by atoms with Gasteiger partial charge in [-0.05, 0) is 24.3 Å². The van der Waals surface area contributed by atoms with E-state index < -0.39 is 10.0 Å². The molecule has 0 unspecified atom stereocenters. The minimum Gasteiger partial charge on any atom is -0.481 e. The number of hydrogen-bond acceptors (Lipinski definition) is 7. The number of hydrogen-bond donors (Lipinski definition) is 3. The predicted octanol–water partition coefficient (Wildman–Crippen LogP) is 0.450. The molecule has 1 aromatic carbocycles. The third-order valence-corrected chi connectivity index (χ3v) is 3.73. The Morgan fingerprint density at radius 3 is 2.40 bits per heavy atom. The van der Waals surface area contributed by atoms with E-state index >= 15 is 0 Å². The van der Waals surface area contributed by atoms with Crippen molar-refractivity contribution < 1.29 is 13.2 Å². The molecule has 0 fully saturated rings. The van der Waals surface area contributed by atoms with E-state index in [4.69, 9.17) is 16.2 Å². The Kier molecular flexibility index (Phi) is 3.61. The van der Waals surface area contributed by atoms with E-state index in [1.54, 1.807) is 0 Å². The van der Waals surface area contributed by atoms with Gasteiger partial charge in [0.2, 0.25) is 11.8 Å². The molecule has 2 aromatic rings. The van der Waals surface area contributed by atoms with E-state index in [1.807, 2.05) is 0 Å². The Balaban J connectivity index is 2.33. The van der Waals surface area contributed by atoms with Crippen LogP contribution in [0.15, 0.2) is 35.2 Å². The third-order valence-electron chi connectivity index (χ3n) is 2.36. The summed E-state index contributed by atoms with van der Waals surface area (Å²) in [6, 6.07) is 7.08. The maximum Gasteiger partial charge on any atom is 0.263 e. The molecule has 0 saturated heterocycles. The molecule has 0 amide bonds. The number of aromatic nitrogens is 2. The molecule has 0 atom stereocenters. The quantitative estimate of drug-likeness (QED) is 0.697. The van der Waals surface area contributed by atoms with Gasteiger partial charge in [-0.3, -0.25) is 4.72 Å². The van der Waals surface area contributed by atoms with Crippen LogP contribution in [-0.2, 0) is 10.0 Å². The fraction of sp³-hybridized carbons (Fsp3) is 0.0909. The van der Waals surface area contributed by atoms with Gasteiger partial charge in [0.1, 0.15) is 5.82 Å². The van der Waals surface area contributed by atoms with Gasteiger partial charge in [-0.2, -0.15) is 9.97 Å². The van der Waals surface area contributed by atoms with Crippen molar-refractivity contribution in [3.63, 3.8) is 0 Å². The van der Waals surface area contributed by atoms with Crippen molar-refractivity contribution in [3.8, 4) is 5.88 Å². The average Bonchev–Trinajstić information content (AvgIpc) is 2.37. The summed E-state index contributed by atoms with van der Waals surface area (Å²) in [5.41, 5.74) is 11.4. The summed E-state index contributed by atoms with van der Waals surface area (Å²) >= 11 is 0. The van der Waals surface area contributed by atoms with Gasteiger partial charge in [0.15, 0.2) is 0 Å². The van der Waals surface area contributed by atoms with Crippen molar-refractivity contribution in [3.05, 3.63) is 30.3 Å². The second-order valence-corrected chi connectivity index (χ2v) is 5.51. The zero-order valence-electron chi connectivity index (χ0n) is 10.6. The molecule has 0 bridgehead atoms. The summed E-state index contributed by atoms with van der Waals surface area (Å²) < 4.78 is 31.4. The first-order chi connectivity index (χ1) is 9.40. The van der Waals surface area contributed by atoms with Crippen LogP contribution < -0.4 is 20.9 Å². The van der Waals surface area contributed by atoms with E-state index in [2.05, 4.69) is 14.7 Å². The molecule has 20 heavy (non-hydrogen) atoms. The van der Waals surface area contributed by atoms with E-state index in [0.29, 0.717) is 5.69 Å². The number of sulfonamides is 1. The topological polar surface area (TPSA) is 133 Å². The van der Waals surface area contributed by atoms with Gasteiger partial charge < -0.3 is 16.2 Å². The molecule has 9 heteroatoms. The van der Waals surface area contributed by atoms with Crippen molar-refractivity contribution in [1.29, 1.82) is 0 Å². The number of nitrogen functional groups attached to an aromatic ring is 2.